The van der Waals surface area contributed by atoms with Crippen molar-refractivity contribution in [1.29, 1.82) is 5.41 Å². The molecule has 158 valence electrons. The highest BCUT2D eigenvalue weighted by atomic mass is 32.2. The normalized spacial score (nSPS) is 24.8. The molecule has 2 aliphatic heterocycles. The van der Waals surface area contributed by atoms with Gasteiger partial charge in [-0.25, -0.2) is 26.5 Å². The number of anilines is 1. The van der Waals surface area contributed by atoms with E-state index in [0.29, 0.717) is 0 Å². The van der Waals surface area contributed by atoms with Crippen LogP contribution in [0.2, 0.25) is 0 Å². The second-order valence-electron chi connectivity index (χ2n) is 6.92. The number of sulfonamides is 1. The van der Waals surface area contributed by atoms with Gasteiger partial charge in [-0.05, 0) is 30.3 Å². The summed E-state index contributed by atoms with van der Waals surface area (Å²) in [7, 11) is -2.86. The Labute approximate surface area is 170 Å². The molecule has 0 saturated carbocycles. The molecule has 9 nitrogen and oxygen atoms in total. The number of nitrogens with one attached hydrogen (secondary N) is 3. The van der Waals surface area contributed by atoms with Crippen LogP contribution in [0.5, 0.6) is 0 Å². The number of aromatic nitrogens is 1. The van der Waals surface area contributed by atoms with Gasteiger partial charge >= 0.3 is 0 Å². The van der Waals surface area contributed by atoms with E-state index < -0.39 is 44.5 Å². The van der Waals surface area contributed by atoms with Crippen molar-refractivity contribution in [2.45, 2.75) is 17.4 Å². The third-order valence-electron chi connectivity index (χ3n) is 5.14. The van der Waals surface area contributed by atoms with E-state index >= 15 is 0 Å². The molecule has 1 amide bonds. The van der Waals surface area contributed by atoms with Gasteiger partial charge in [0.05, 0.1) is 12.8 Å². The van der Waals surface area contributed by atoms with Gasteiger partial charge in [0, 0.05) is 24.7 Å². The zero-order chi connectivity index (χ0) is 21.7. The van der Waals surface area contributed by atoms with Crippen LogP contribution in [0.15, 0.2) is 36.5 Å². The Morgan fingerprint density at radius 2 is 2.13 bits per heavy atom. The summed E-state index contributed by atoms with van der Waals surface area (Å²) in [5, 5.41) is 13.3. The third-order valence-corrected chi connectivity index (χ3v) is 7.17. The van der Waals surface area contributed by atoms with Crippen LogP contribution in [0.1, 0.15) is 22.5 Å². The molecule has 1 aromatic carbocycles. The number of halogens is 2. The smallest absolute Gasteiger partial charge is 0.274 e. The number of hydrogen-bond acceptors (Lipinski definition) is 6. The molecule has 2 atom stereocenters. The van der Waals surface area contributed by atoms with Crippen molar-refractivity contribution >= 4 is 27.6 Å². The molecule has 0 aliphatic carbocycles. The zero-order valence-corrected chi connectivity index (χ0v) is 16.5. The minimum atomic E-state index is -4.07. The van der Waals surface area contributed by atoms with E-state index in [4.69, 9.17) is 10.1 Å². The lowest BCUT2D eigenvalue weighted by molar-refractivity contribution is 0.102. The van der Waals surface area contributed by atoms with Gasteiger partial charge in [0.15, 0.2) is 0 Å². The molecule has 0 radical (unpaired) electrons. The quantitative estimate of drug-likeness (QED) is 0.666. The molecule has 0 bridgehead atoms. The van der Waals surface area contributed by atoms with Gasteiger partial charge in [0.2, 0.25) is 11.4 Å². The zero-order valence-electron chi connectivity index (χ0n) is 15.6. The molecule has 3 heterocycles. The summed E-state index contributed by atoms with van der Waals surface area (Å²) in [5.74, 6) is -2.38. The first-order chi connectivity index (χ1) is 14.1. The third kappa shape index (κ3) is 3.08. The van der Waals surface area contributed by atoms with Crippen molar-refractivity contribution < 1.29 is 26.7 Å². The highest BCUT2D eigenvalue weighted by molar-refractivity contribution is 7.90. The lowest BCUT2D eigenvalue weighted by Crippen LogP contribution is -2.65. The number of pyridine rings is 1. The van der Waals surface area contributed by atoms with E-state index in [1.54, 1.807) is 0 Å². The maximum atomic E-state index is 14.8. The molecular weight excluding hydrogens is 420 g/mol. The minimum Gasteiger partial charge on any atom is -0.358 e. The molecule has 1 unspecified atom stereocenters. The van der Waals surface area contributed by atoms with Crippen molar-refractivity contribution in [1.82, 2.24) is 14.6 Å². The minimum absolute atomic E-state index is 0.0353. The molecule has 2 aliphatic rings. The van der Waals surface area contributed by atoms with Crippen LogP contribution in [-0.4, -0.2) is 48.7 Å². The average molecular weight is 437 g/mol. The highest BCUT2D eigenvalue weighted by Crippen LogP contribution is 2.43. The maximum Gasteiger partial charge on any atom is 0.274 e. The number of benzene rings is 1. The van der Waals surface area contributed by atoms with Crippen LogP contribution in [0, 0.1) is 17.0 Å². The summed E-state index contributed by atoms with van der Waals surface area (Å²) in [6.45, 7) is 0.0353. The molecule has 2 fully saturated rings. The molecule has 1 aromatic heterocycles. The molecule has 2 aromatic rings. The number of hydrogen-bond donors (Lipinski definition) is 3. The number of carbonyl (C=O) groups excluding carboxylic acids is 1. The van der Waals surface area contributed by atoms with Crippen LogP contribution in [-0.2, 0) is 20.3 Å². The predicted octanol–water partition coefficient (Wildman–Crippen LogP) is 1.35. The molecular formula is C18H17F2N5O4S. The molecule has 0 spiro atoms. The summed E-state index contributed by atoms with van der Waals surface area (Å²) in [6, 6.07) is 5.96. The largest absolute Gasteiger partial charge is 0.358 e. The number of amides is 1. The van der Waals surface area contributed by atoms with E-state index in [1.165, 1.54) is 25.2 Å². The second kappa shape index (κ2) is 6.99. The number of carbonyl (C=O) groups is 1. The van der Waals surface area contributed by atoms with E-state index in [1.807, 2.05) is 0 Å². The Balaban J connectivity index is 1.72. The second-order valence-corrected chi connectivity index (χ2v) is 8.93. The first-order valence-corrected chi connectivity index (χ1v) is 10.3. The topological polar surface area (TPSA) is 124 Å². The summed E-state index contributed by atoms with van der Waals surface area (Å²) in [4.78, 5) is 16.0. The van der Waals surface area contributed by atoms with Gasteiger partial charge < -0.3 is 15.4 Å². The van der Waals surface area contributed by atoms with Gasteiger partial charge in [-0.1, -0.05) is 0 Å². The molecule has 3 N–H and O–H groups in total. The maximum absolute atomic E-state index is 14.8. The summed E-state index contributed by atoms with van der Waals surface area (Å²) in [6.07, 6.45) is 0.990. The molecule has 2 saturated heterocycles. The van der Waals surface area contributed by atoms with E-state index in [0.717, 1.165) is 22.6 Å². The van der Waals surface area contributed by atoms with E-state index in [9.17, 15) is 22.0 Å². The summed E-state index contributed by atoms with van der Waals surface area (Å²) < 4.78 is 59.5. The Morgan fingerprint density at radius 3 is 2.83 bits per heavy atom. The number of fused-ring (bicyclic) bond motifs is 1. The lowest BCUT2D eigenvalue weighted by atomic mass is 9.87. The SMILES string of the molecule is CN1C(=N)N[C@@]2(c3cc(NC(=O)c4ccc(F)cn4)ccc3F)CCOC2S1(=O)=O. The summed E-state index contributed by atoms with van der Waals surface area (Å²) in [5.41, 5.74) is -2.91. The fraction of sp³-hybridized carbons (Fsp3) is 0.278. The van der Waals surface area contributed by atoms with Crippen molar-refractivity contribution in [2.75, 3.05) is 19.0 Å². The Hall–Kier alpha value is -3.12. The Kier molecular flexibility index (Phi) is 4.70. The summed E-state index contributed by atoms with van der Waals surface area (Å²) >= 11 is 0. The number of guanidine groups is 1. The Bertz CT molecular complexity index is 1140. The molecule has 30 heavy (non-hydrogen) atoms. The van der Waals surface area contributed by atoms with Crippen LogP contribution >= 0.6 is 0 Å². The van der Waals surface area contributed by atoms with Crippen molar-refractivity contribution in [3.8, 4) is 0 Å². The first kappa shape index (κ1) is 20.2. The van der Waals surface area contributed by atoms with Gasteiger partial charge in [-0.15, -0.1) is 0 Å². The van der Waals surface area contributed by atoms with Crippen LogP contribution in [0.4, 0.5) is 14.5 Å². The first-order valence-electron chi connectivity index (χ1n) is 8.84. The van der Waals surface area contributed by atoms with Crippen LogP contribution < -0.4 is 10.6 Å². The molecule has 4 rings (SSSR count). The van der Waals surface area contributed by atoms with E-state index in [2.05, 4.69) is 15.6 Å². The monoisotopic (exact) mass is 437 g/mol. The van der Waals surface area contributed by atoms with Crippen molar-refractivity contribution in [3.05, 3.63) is 59.4 Å². The van der Waals surface area contributed by atoms with Gasteiger partial charge in [0.1, 0.15) is 22.9 Å². The fourth-order valence-electron chi connectivity index (χ4n) is 3.59. The average Bonchev–Trinajstić information content (AvgIpc) is 3.14. The van der Waals surface area contributed by atoms with Gasteiger partial charge in [-0.2, -0.15) is 0 Å². The van der Waals surface area contributed by atoms with Crippen LogP contribution in [0.3, 0.4) is 0 Å². The van der Waals surface area contributed by atoms with Crippen molar-refractivity contribution in [3.63, 3.8) is 0 Å². The van der Waals surface area contributed by atoms with Crippen molar-refractivity contribution in [2.24, 2.45) is 0 Å². The number of ether oxygens (including phenoxy) is 1. The lowest BCUT2D eigenvalue weighted by Gasteiger charge is -2.43. The predicted molar refractivity (Wildman–Crippen MR) is 102 cm³/mol. The fourth-order valence-corrected chi connectivity index (χ4v) is 5.26. The number of rotatable bonds is 3. The standard InChI is InChI=1S/C18H17F2N5O4S/c1-25-17(21)24-18(6-7-29-16(18)30(25,27)28)12-8-11(3-4-13(12)20)23-15(26)14-5-2-10(19)9-22-14/h2-5,8-9,16H,6-7H2,1H3,(H2,21,24)(H,23,26)/t16?,18-/m1/s1. The van der Waals surface area contributed by atoms with Gasteiger partial charge in [0.25, 0.3) is 15.9 Å². The van der Waals surface area contributed by atoms with E-state index in [-0.39, 0.29) is 30.0 Å². The van der Waals surface area contributed by atoms with Crippen LogP contribution in [0.25, 0.3) is 0 Å². The Morgan fingerprint density at radius 1 is 1.37 bits per heavy atom. The highest BCUT2D eigenvalue weighted by Gasteiger charge is 2.59. The number of nitrogens with zero attached hydrogens (tertiary/aromatic N) is 2. The molecule has 12 heteroatoms. The van der Waals surface area contributed by atoms with Gasteiger partial charge in [-0.3, -0.25) is 10.2 Å².